The zero-order valence-electron chi connectivity index (χ0n) is 20.0. The summed E-state index contributed by atoms with van der Waals surface area (Å²) in [7, 11) is 0. The molecule has 0 heterocycles. The van der Waals surface area contributed by atoms with Crippen LogP contribution in [-0.2, 0) is 35.9 Å². The van der Waals surface area contributed by atoms with Gasteiger partial charge in [0, 0.05) is 37.3 Å². The molecule has 2 atom stereocenters. The Kier molecular flexibility index (Phi) is 10.5. The number of phenols is 2. The van der Waals surface area contributed by atoms with Crippen LogP contribution < -0.4 is 0 Å². The maximum Gasteiger partial charge on any atom is 0.320 e. The molecule has 0 bridgehead atoms. The maximum atomic E-state index is 11.9. The van der Waals surface area contributed by atoms with Crippen molar-refractivity contribution < 1.29 is 40.2 Å². The lowest BCUT2D eigenvalue weighted by atomic mass is 10.1. The average molecular weight is 491 g/mol. The van der Waals surface area contributed by atoms with E-state index < -0.39 is 24.0 Å². The fourth-order valence-electron chi connectivity index (χ4n) is 3.90. The van der Waals surface area contributed by atoms with Gasteiger partial charge in [-0.15, -0.1) is 0 Å². The van der Waals surface area contributed by atoms with Gasteiger partial charge in [0.2, 0.25) is 0 Å². The normalized spacial score (nSPS) is 13.2. The van der Waals surface area contributed by atoms with E-state index in [4.69, 9.17) is 0 Å². The molecule has 35 heavy (non-hydrogen) atoms. The molecule has 2 unspecified atom stereocenters. The van der Waals surface area contributed by atoms with E-state index in [1.54, 1.807) is 41.0 Å². The van der Waals surface area contributed by atoms with Crippen LogP contribution in [0.1, 0.15) is 42.5 Å². The maximum absolute atomic E-state index is 11.9. The van der Waals surface area contributed by atoms with Gasteiger partial charge >= 0.3 is 11.9 Å². The SMILES string of the molecule is CCC(C(=O)O)N(CCN(Cc1cc(CO)ccc1O)C(C)C(=O)O)Cc1ccc(CO)cc1O. The van der Waals surface area contributed by atoms with Crippen LogP contribution in [0.5, 0.6) is 11.5 Å². The third-order valence-electron chi connectivity index (χ3n) is 6.10. The molecule has 0 aliphatic carbocycles. The largest absolute Gasteiger partial charge is 0.508 e. The minimum Gasteiger partial charge on any atom is -0.508 e. The van der Waals surface area contributed by atoms with Gasteiger partial charge < -0.3 is 30.6 Å². The number of aromatic hydroxyl groups is 2. The van der Waals surface area contributed by atoms with Gasteiger partial charge in [-0.05, 0) is 42.7 Å². The summed E-state index contributed by atoms with van der Waals surface area (Å²) in [5.41, 5.74) is 2.02. The number of aliphatic hydroxyl groups excluding tert-OH is 2. The zero-order valence-corrected chi connectivity index (χ0v) is 20.0. The molecule has 10 heteroatoms. The first-order valence-corrected chi connectivity index (χ1v) is 11.4. The molecule has 0 amide bonds. The highest BCUT2D eigenvalue weighted by molar-refractivity contribution is 5.73. The quantitative estimate of drug-likeness (QED) is 0.230. The number of carbonyl (C=O) groups is 2. The number of rotatable bonds is 14. The summed E-state index contributed by atoms with van der Waals surface area (Å²) in [6.07, 6.45) is 0.290. The lowest BCUT2D eigenvalue weighted by molar-refractivity contribution is -0.145. The molecule has 0 aromatic heterocycles. The van der Waals surface area contributed by atoms with E-state index in [1.165, 1.54) is 19.1 Å². The van der Waals surface area contributed by atoms with Crippen LogP contribution in [0.4, 0.5) is 0 Å². The summed E-state index contributed by atoms with van der Waals surface area (Å²) in [6.45, 7) is 3.27. The summed E-state index contributed by atoms with van der Waals surface area (Å²) in [6, 6.07) is 7.48. The molecule has 0 saturated carbocycles. The van der Waals surface area contributed by atoms with E-state index in [-0.39, 0.29) is 50.9 Å². The van der Waals surface area contributed by atoms with Crippen LogP contribution in [0.2, 0.25) is 0 Å². The molecule has 0 aliphatic rings. The second-order valence-electron chi connectivity index (χ2n) is 8.46. The first-order chi connectivity index (χ1) is 16.6. The Labute approximate surface area is 204 Å². The summed E-state index contributed by atoms with van der Waals surface area (Å²) >= 11 is 0. The number of benzene rings is 2. The predicted molar refractivity (Wildman–Crippen MR) is 128 cm³/mol. The van der Waals surface area contributed by atoms with Crippen molar-refractivity contribution in [3.8, 4) is 11.5 Å². The Balaban J connectivity index is 2.31. The number of aliphatic carboxylic acids is 2. The molecule has 0 saturated heterocycles. The van der Waals surface area contributed by atoms with Gasteiger partial charge in [-0.1, -0.05) is 25.1 Å². The molecule has 6 N–H and O–H groups in total. The highest BCUT2D eigenvalue weighted by Gasteiger charge is 2.28. The third-order valence-corrected chi connectivity index (χ3v) is 6.10. The molecule has 0 aliphatic heterocycles. The van der Waals surface area contributed by atoms with Crippen LogP contribution in [-0.4, -0.2) is 77.6 Å². The fourth-order valence-corrected chi connectivity index (χ4v) is 3.90. The molecule has 2 aromatic rings. The van der Waals surface area contributed by atoms with Crippen LogP contribution in [0.3, 0.4) is 0 Å². The van der Waals surface area contributed by atoms with E-state index in [0.29, 0.717) is 28.7 Å². The smallest absolute Gasteiger partial charge is 0.320 e. The highest BCUT2D eigenvalue weighted by Crippen LogP contribution is 2.24. The van der Waals surface area contributed by atoms with Crippen molar-refractivity contribution in [3.63, 3.8) is 0 Å². The van der Waals surface area contributed by atoms with Crippen molar-refractivity contribution in [1.29, 1.82) is 0 Å². The summed E-state index contributed by atoms with van der Waals surface area (Å²) in [5.74, 6) is -2.21. The third kappa shape index (κ3) is 7.66. The number of hydrogen-bond donors (Lipinski definition) is 6. The van der Waals surface area contributed by atoms with Crippen LogP contribution in [0.25, 0.3) is 0 Å². The predicted octanol–water partition coefficient (Wildman–Crippen LogP) is 1.72. The second kappa shape index (κ2) is 13.1. The van der Waals surface area contributed by atoms with Crippen molar-refractivity contribution >= 4 is 11.9 Å². The van der Waals surface area contributed by atoms with E-state index in [2.05, 4.69) is 0 Å². The molecule has 0 fully saturated rings. The number of carboxylic acid groups (broad SMARTS) is 2. The topological polar surface area (TPSA) is 162 Å². The molecule has 0 spiro atoms. The van der Waals surface area contributed by atoms with E-state index in [1.807, 2.05) is 0 Å². The van der Waals surface area contributed by atoms with Gasteiger partial charge in [-0.25, -0.2) is 0 Å². The molecular formula is C25H34N2O8. The Morgan fingerprint density at radius 2 is 1.37 bits per heavy atom. The molecule has 192 valence electrons. The lowest BCUT2D eigenvalue weighted by Crippen LogP contribution is -2.47. The van der Waals surface area contributed by atoms with E-state index in [9.17, 15) is 40.2 Å². The highest BCUT2D eigenvalue weighted by atomic mass is 16.4. The monoisotopic (exact) mass is 490 g/mol. The van der Waals surface area contributed by atoms with Gasteiger partial charge in [-0.3, -0.25) is 19.4 Å². The van der Waals surface area contributed by atoms with E-state index >= 15 is 0 Å². The first kappa shape index (κ1) is 28.1. The van der Waals surface area contributed by atoms with Gasteiger partial charge in [0.05, 0.1) is 13.2 Å². The lowest BCUT2D eigenvalue weighted by Gasteiger charge is -2.33. The van der Waals surface area contributed by atoms with Gasteiger partial charge in [-0.2, -0.15) is 0 Å². The number of nitrogens with zero attached hydrogens (tertiary/aromatic N) is 2. The van der Waals surface area contributed by atoms with Gasteiger partial charge in [0.1, 0.15) is 23.6 Å². The Hall–Kier alpha value is -3.18. The van der Waals surface area contributed by atoms with Crippen molar-refractivity contribution in [2.24, 2.45) is 0 Å². The molecular weight excluding hydrogens is 456 g/mol. The fraction of sp³-hybridized carbons (Fsp3) is 0.440. The molecule has 0 radical (unpaired) electrons. The number of phenolic OH excluding ortho intramolecular Hbond substituents is 2. The number of aliphatic hydroxyl groups is 2. The van der Waals surface area contributed by atoms with E-state index in [0.717, 1.165) is 0 Å². The summed E-state index contributed by atoms with van der Waals surface area (Å²) in [5, 5.41) is 58.7. The number of carboxylic acids is 2. The van der Waals surface area contributed by atoms with Crippen molar-refractivity contribution in [2.75, 3.05) is 13.1 Å². The summed E-state index contributed by atoms with van der Waals surface area (Å²) < 4.78 is 0. The Bertz CT molecular complexity index is 1010. The van der Waals surface area contributed by atoms with Crippen molar-refractivity contribution in [3.05, 3.63) is 58.7 Å². The van der Waals surface area contributed by atoms with Crippen LogP contribution in [0.15, 0.2) is 36.4 Å². The average Bonchev–Trinajstić information content (AvgIpc) is 2.83. The van der Waals surface area contributed by atoms with Crippen LogP contribution in [0, 0.1) is 0 Å². The Morgan fingerprint density at radius 1 is 0.800 bits per heavy atom. The molecule has 10 nitrogen and oxygen atoms in total. The standard InChI is InChI=1S/C25H34N2O8/c1-3-21(25(34)35)27(12-19-6-4-18(15-29)11-23(19)31)9-8-26(16(2)24(32)33)13-20-10-17(14-28)5-7-22(20)30/h4-7,10-11,16,21,28-31H,3,8-9,12-15H2,1-2H3,(H,32,33)(H,34,35). The van der Waals surface area contributed by atoms with Crippen LogP contribution >= 0.6 is 0 Å². The minimum atomic E-state index is -1.07. The van der Waals surface area contributed by atoms with Crippen molar-refractivity contribution in [1.82, 2.24) is 9.80 Å². The van der Waals surface area contributed by atoms with Gasteiger partial charge in [0.25, 0.3) is 0 Å². The molecule has 2 rings (SSSR count). The van der Waals surface area contributed by atoms with Gasteiger partial charge in [0.15, 0.2) is 0 Å². The molecule has 2 aromatic carbocycles. The number of hydrogen-bond acceptors (Lipinski definition) is 8. The summed E-state index contributed by atoms with van der Waals surface area (Å²) in [4.78, 5) is 27.0. The second-order valence-corrected chi connectivity index (χ2v) is 8.46. The Morgan fingerprint density at radius 3 is 1.91 bits per heavy atom. The minimum absolute atomic E-state index is 0.0347. The zero-order chi connectivity index (χ0) is 26.1. The first-order valence-electron chi connectivity index (χ1n) is 11.4. The van der Waals surface area contributed by atoms with Crippen molar-refractivity contribution in [2.45, 2.75) is 58.7 Å².